The molecule has 9 heteroatoms. The molecule has 3 aromatic rings. The van der Waals surface area contributed by atoms with E-state index in [0.717, 1.165) is 54.3 Å². The summed E-state index contributed by atoms with van der Waals surface area (Å²) in [7, 11) is 2.19. The highest BCUT2D eigenvalue weighted by molar-refractivity contribution is 6.39. The first kappa shape index (κ1) is 27.1. The highest BCUT2D eigenvalue weighted by Gasteiger charge is 2.35. The summed E-state index contributed by atoms with van der Waals surface area (Å²) in [5.41, 5.74) is 9.29. The van der Waals surface area contributed by atoms with Crippen molar-refractivity contribution in [2.24, 2.45) is 5.92 Å². The number of pyridine rings is 1. The van der Waals surface area contributed by atoms with Gasteiger partial charge in [-0.2, -0.15) is 5.10 Å². The maximum absolute atomic E-state index is 13.5. The quantitative estimate of drug-likeness (QED) is 0.478. The van der Waals surface area contributed by atoms with Crippen LogP contribution in [-0.2, 0) is 16.0 Å². The number of benzene rings is 1. The smallest absolute Gasteiger partial charge is 0.313 e. The Morgan fingerprint density at radius 1 is 1.18 bits per heavy atom. The van der Waals surface area contributed by atoms with Crippen LogP contribution in [-0.4, -0.2) is 62.1 Å². The number of carbonyl (C=O) groups is 2. The van der Waals surface area contributed by atoms with Gasteiger partial charge in [0.2, 0.25) is 0 Å². The summed E-state index contributed by atoms with van der Waals surface area (Å²) >= 11 is 0. The van der Waals surface area contributed by atoms with Gasteiger partial charge >= 0.3 is 11.8 Å². The summed E-state index contributed by atoms with van der Waals surface area (Å²) < 4.78 is 2.13. The molecule has 9 nitrogen and oxygen atoms in total. The van der Waals surface area contributed by atoms with Crippen LogP contribution in [0.4, 0.5) is 11.5 Å². The minimum absolute atomic E-state index is 0.132. The first-order valence-corrected chi connectivity index (χ1v) is 14.1. The summed E-state index contributed by atoms with van der Waals surface area (Å²) in [6.07, 6.45) is 8.25. The molecule has 3 N–H and O–H groups in total. The van der Waals surface area contributed by atoms with E-state index in [4.69, 9.17) is 10.8 Å². The lowest BCUT2D eigenvalue weighted by atomic mass is 9.87. The van der Waals surface area contributed by atoms with Crippen molar-refractivity contribution in [3.8, 4) is 0 Å². The van der Waals surface area contributed by atoms with Gasteiger partial charge in [-0.3, -0.25) is 14.3 Å². The lowest BCUT2D eigenvalue weighted by Crippen LogP contribution is -2.47. The SMILES string of the molecule is CCc1cc(NC(=O)C(=O)N2C[C@@H](C)CC[C@@H]2c2ccc3cn([C@H]4CCN(C)C(C)(C)C4)nc3c2)cnc1N. The van der Waals surface area contributed by atoms with E-state index in [1.807, 2.05) is 6.92 Å². The van der Waals surface area contributed by atoms with Crippen LogP contribution < -0.4 is 11.1 Å². The maximum atomic E-state index is 13.5. The standard InChI is InChI=1S/C30H41N7O2/c1-6-20-13-23(16-32-27(20)31)33-28(38)29(39)36-17-19(2)7-10-26(36)21-8-9-22-18-37(34-25(22)14-21)24-11-12-35(5)30(3,4)15-24/h8-9,13-14,16,18-19,24,26H,6-7,10-12,15,17H2,1-5H3,(H2,31,32)(H,33,38)/t19-,24-,26+/m0/s1. The number of nitrogens with zero attached hydrogens (tertiary/aromatic N) is 5. The van der Waals surface area contributed by atoms with E-state index < -0.39 is 11.8 Å². The molecule has 3 atom stereocenters. The number of nitrogen functional groups attached to an aromatic ring is 1. The fraction of sp³-hybridized carbons (Fsp3) is 0.533. The Morgan fingerprint density at radius 2 is 1.97 bits per heavy atom. The van der Waals surface area contributed by atoms with Crippen LogP contribution in [0.15, 0.2) is 36.7 Å². The molecule has 2 aliphatic heterocycles. The van der Waals surface area contributed by atoms with E-state index in [1.54, 1.807) is 11.0 Å². The highest BCUT2D eigenvalue weighted by atomic mass is 16.2. The number of anilines is 2. The second kappa shape index (κ2) is 10.6. The van der Waals surface area contributed by atoms with Gasteiger partial charge in [-0.25, -0.2) is 4.98 Å². The zero-order valence-corrected chi connectivity index (χ0v) is 23.8. The zero-order chi connectivity index (χ0) is 27.9. The Bertz CT molecular complexity index is 1380. The third kappa shape index (κ3) is 5.50. The van der Waals surface area contributed by atoms with E-state index in [-0.39, 0.29) is 11.6 Å². The molecular formula is C30H41N7O2. The number of likely N-dealkylation sites (tertiary alicyclic amines) is 2. The molecule has 0 spiro atoms. The molecule has 208 valence electrons. The van der Waals surface area contributed by atoms with Gasteiger partial charge in [0.05, 0.1) is 29.5 Å². The van der Waals surface area contributed by atoms with Crippen molar-refractivity contribution in [3.05, 3.63) is 47.8 Å². The van der Waals surface area contributed by atoms with Crippen molar-refractivity contribution in [3.63, 3.8) is 0 Å². The summed E-state index contributed by atoms with van der Waals surface area (Å²) in [5, 5.41) is 8.81. The van der Waals surface area contributed by atoms with Crippen LogP contribution in [0, 0.1) is 5.92 Å². The number of amides is 2. The van der Waals surface area contributed by atoms with Crippen LogP contribution in [0.5, 0.6) is 0 Å². The number of hydrogen-bond donors (Lipinski definition) is 2. The number of fused-ring (bicyclic) bond motifs is 1. The van der Waals surface area contributed by atoms with E-state index in [9.17, 15) is 9.59 Å². The van der Waals surface area contributed by atoms with Crippen LogP contribution in [0.2, 0.25) is 0 Å². The molecule has 2 aliphatic rings. The Morgan fingerprint density at radius 3 is 2.72 bits per heavy atom. The lowest BCUT2D eigenvalue weighted by Gasteiger charge is -2.43. The van der Waals surface area contributed by atoms with E-state index in [1.165, 1.54) is 6.20 Å². The number of rotatable bonds is 4. The molecule has 2 aromatic heterocycles. The van der Waals surface area contributed by atoms with Crippen molar-refractivity contribution in [2.45, 2.75) is 77.4 Å². The van der Waals surface area contributed by atoms with Crippen LogP contribution in [0.1, 0.15) is 76.6 Å². The third-order valence-electron chi connectivity index (χ3n) is 8.79. The molecule has 39 heavy (non-hydrogen) atoms. The molecule has 4 heterocycles. The highest BCUT2D eigenvalue weighted by Crippen LogP contribution is 2.36. The third-order valence-corrected chi connectivity index (χ3v) is 8.79. The number of carbonyl (C=O) groups excluding carboxylic acids is 2. The van der Waals surface area contributed by atoms with Crippen molar-refractivity contribution < 1.29 is 9.59 Å². The van der Waals surface area contributed by atoms with Gasteiger partial charge in [0.15, 0.2) is 0 Å². The minimum atomic E-state index is -0.655. The zero-order valence-electron chi connectivity index (χ0n) is 23.8. The van der Waals surface area contributed by atoms with E-state index in [2.05, 4.69) is 72.1 Å². The molecule has 0 radical (unpaired) electrons. The average molecular weight is 532 g/mol. The lowest BCUT2D eigenvalue weighted by molar-refractivity contribution is -0.146. The van der Waals surface area contributed by atoms with Crippen LogP contribution >= 0.6 is 0 Å². The topological polar surface area (TPSA) is 109 Å². The molecule has 0 aliphatic carbocycles. The maximum Gasteiger partial charge on any atom is 0.313 e. The predicted octanol–water partition coefficient (Wildman–Crippen LogP) is 4.56. The fourth-order valence-corrected chi connectivity index (χ4v) is 6.06. The monoisotopic (exact) mass is 531 g/mol. The number of nitrogens with one attached hydrogen (secondary N) is 1. The second-order valence-corrected chi connectivity index (χ2v) is 12.0. The normalized spacial score (nSPS) is 23.6. The van der Waals surface area contributed by atoms with Gasteiger partial charge in [-0.05, 0) is 82.2 Å². The van der Waals surface area contributed by atoms with Crippen LogP contribution in [0.3, 0.4) is 0 Å². The summed E-state index contributed by atoms with van der Waals surface area (Å²) in [6.45, 7) is 10.3. The predicted molar refractivity (Wildman–Crippen MR) is 154 cm³/mol. The Kier molecular flexibility index (Phi) is 7.37. The molecule has 2 saturated heterocycles. The Labute approximate surface area is 230 Å². The van der Waals surface area contributed by atoms with Gasteiger partial charge in [-0.15, -0.1) is 0 Å². The molecule has 2 amide bonds. The second-order valence-electron chi connectivity index (χ2n) is 12.0. The van der Waals surface area contributed by atoms with Crippen molar-refractivity contribution in [1.29, 1.82) is 0 Å². The molecule has 5 rings (SSSR count). The fourth-order valence-electron chi connectivity index (χ4n) is 6.06. The van der Waals surface area contributed by atoms with Crippen LogP contribution in [0.25, 0.3) is 10.9 Å². The first-order chi connectivity index (χ1) is 18.6. The van der Waals surface area contributed by atoms with Gasteiger partial charge in [-0.1, -0.05) is 26.0 Å². The molecule has 1 aromatic carbocycles. The number of hydrogen-bond acceptors (Lipinski definition) is 6. The minimum Gasteiger partial charge on any atom is -0.383 e. The van der Waals surface area contributed by atoms with Crippen molar-refractivity contribution in [1.82, 2.24) is 24.6 Å². The molecule has 0 saturated carbocycles. The first-order valence-electron chi connectivity index (χ1n) is 14.1. The van der Waals surface area contributed by atoms with E-state index in [0.29, 0.717) is 36.4 Å². The van der Waals surface area contributed by atoms with Gasteiger partial charge in [0, 0.05) is 30.2 Å². The van der Waals surface area contributed by atoms with Crippen molar-refractivity contribution in [2.75, 3.05) is 31.2 Å². The average Bonchev–Trinajstić information content (AvgIpc) is 3.34. The molecule has 2 fully saturated rings. The molecular weight excluding hydrogens is 490 g/mol. The molecule has 0 unspecified atom stereocenters. The number of piperidine rings is 2. The number of aromatic nitrogens is 3. The van der Waals surface area contributed by atoms with Crippen molar-refractivity contribution >= 4 is 34.2 Å². The van der Waals surface area contributed by atoms with Gasteiger partial charge < -0.3 is 20.9 Å². The summed E-state index contributed by atoms with van der Waals surface area (Å²) in [5.74, 6) is -0.429. The van der Waals surface area contributed by atoms with Gasteiger partial charge in [0.25, 0.3) is 0 Å². The number of nitrogens with two attached hydrogens (primary N) is 1. The summed E-state index contributed by atoms with van der Waals surface area (Å²) in [4.78, 5) is 34.8. The Balaban J connectivity index is 1.36. The largest absolute Gasteiger partial charge is 0.383 e. The number of aryl methyl sites for hydroxylation is 1. The summed E-state index contributed by atoms with van der Waals surface area (Å²) in [6, 6.07) is 8.25. The Hall–Kier alpha value is -3.46. The van der Waals surface area contributed by atoms with E-state index >= 15 is 0 Å². The molecule has 0 bridgehead atoms. The van der Waals surface area contributed by atoms with Gasteiger partial charge in [0.1, 0.15) is 5.82 Å².